The molecule has 2 aromatic rings. The van der Waals surface area contributed by atoms with E-state index < -0.39 is 0 Å². The van der Waals surface area contributed by atoms with Gasteiger partial charge in [-0.25, -0.2) is 4.98 Å². The second-order valence-corrected chi connectivity index (χ2v) is 5.60. The molecule has 5 nitrogen and oxygen atoms in total. The smallest absolute Gasteiger partial charge is 0.228 e. The van der Waals surface area contributed by atoms with Crippen molar-refractivity contribution in [3.05, 3.63) is 27.8 Å². The Hall–Kier alpha value is -1.27. The molecule has 0 saturated carbocycles. The van der Waals surface area contributed by atoms with Gasteiger partial charge in [0.05, 0.1) is 6.42 Å². The van der Waals surface area contributed by atoms with E-state index in [4.69, 9.17) is 4.52 Å². The summed E-state index contributed by atoms with van der Waals surface area (Å²) in [4.78, 5) is 8.83. The van der Waals surface area contributed by atoms with Crippen LogP contribution in [0.25, 0.3) is 0 Å². The number of nitrogens with one attached hydrogen (secondary N) is 1. The van der Waals surface area contributed by atoms with Crippen molar-refractivity contribution in [1.29, 1.82) is 0 Å². The summed E-state index contributed by atoms with van der Waals surface area (Å²) in [6.45, 7) is 3.09. The zero-order valence-electron chi connectivity index (χ0n) is 10.3. The van der Waals surface area contributed by atoms with Gasteiger partial charge in [-0.05, 0) is 26.3 Å². The van der Waals surface area contributed by atoms with Gasteiger partial charge in [0.1, 0.15) is 5.01 Å². The largest absolute Gasteiger partial charge is 0.339 e. The predicted molar refractivity (Wildman–Crippen MR) is 68.7 cm³/mol. The number of aryl methyl sites for hydroxylation is 1. The van der Waals surface area contributed by atoms with E-state index in [-0.39, 0.29) is 0 Å². The van der Waals surface area contributed by atoms with Crippen molar-refractivity contribution >= 4 is 11.3 Å². The molecule has 1 unspecified atom stereocenters. The van der Waals surface area contributed by atoms with E-state index in [0.29, 0.717) is 12.5 Å². The highest BCUT2D eigenvalue weighted by Gasteiger charge is 2.18. The molecule has 3 heterocycles. The van der Waals surface area contributed by atoms with Crippen LogP contribution in [0.1, 0.15) is 35.3 Å². The first kappa shape index (κ1) is 11.8. The van der Waals surface area contributed by atoms with Gasteiger partial charge >= 0.3 is 0 Å². The van der Waals surface area contributed by atoms with Gasteiger partial charge in [0, 0.05) is 23.5 Å². The highest BCUT2D eigenvalue weighted by Crippen LogP contribution is 2.14. The third-order valence-corrected chi connectivity index (χ3v) is 4.04. The standard InChI is InChI=1S/C12H16N4OS/c1-8-7-18-12(14-8)6-10-15-11(17-16-10)5-9-3-2-4-13-9/h7,9,13H,2-6H2,1H3. The molecule has 0 aromatic carbocycles. The summed E-state index contributed by atoms with van der Waals surface area (Å²) >= 11 is 1.64. The lowest BCUT2D eigenvalue weighted by Crippen LogP contribution is -2.23. The van der Waals surface area contributed by atoms with Crippen LogP contribution < -0.4 is 5.32 Å². The minimum atomic E-state index is 0.500. The van der Waals surface area contributed by atoms with Crippen LogP contribution in [0.2, 0.25) is 0 Å². The lowest BCUT2D eigenvalue weighted by Gasteiger charge is -2.04. The summed E-state index contributed by atoms with van der Waals surface area (Å²) in [6.07, 6.45) is 3.94. The van der Waals surface area contributed by atoms with Crippen molar-refractivity contribution in [2.75, 3.05) is 6.54 Å². The average molecular weight is 264 g/mol. The molecule has 6 heteroatoms. The van der Waals surface area contributed by atoms with E-state index >= 15 is 0 Å². The predicted octanol–water partition coefficient (Wildman–Crippen LogP) is 1.72. The molecule has 0 aliphatic carbocycles. The Kier molecular flexibility index (Phi) is 3.38. The van der Waals surface area contributed by atoms with Gasteiger partial charge in [-0.15, -0.1) is 11.3 Å². The van der Waals surface area contributed by atoms with Gasteiger partial charge in [0.2, 0.25) is 5.89 Å². The maximum Gasteiger partial charge on any atom is 0.228 e. The SMILES string of the molecule is Cc1csc(Cc2noc(CC3CCCN3)n2)n1. The van der Waals surface area contributed by atoms with Gasteiger partial charge in [-0.1, -0.05) is 5.16 Å². The lowest BCUT2D eigenvalue weighted by molar-refractivity contribution is 0.360. The highest BCUT2D eigenvalue weighted by molar-refractivity contribution is 7.09. The van der Waals surface area contributed by atoms with Crippen LogP contribution in [0.15, 0.2) is 9.90 Å². The zero-order chi connectivity index (χ0) is 12.4. The molecule has 3 rings (SSSR count). The molecule has 96 valence electrons. The van der Waals surface area contributed by atoms with Crippen LogP contribution in [0.4, 0.5) is 0 Å². The minimum Gasteiger partial charge on any atom is -0.339 e. The molecule has 0 bridgehead atoms. The van der Waals surface area contributed by atoms with Crippen molar-refractivity contribution in [2.24, 2.45) is 0 Å². The number of hydrogen-bond acceptors (Lipinski definition) is 6. The molecule has 18 heavy (non-hydrogen) atoms. The van der Waals surface area contributed by atoms with E-state index in [2.05, 4.69) is 20.4 Å². The molecule has 1 saturated heterocycles. The molecule has 1 aliphatic heterocycles. The molecule has 0 amide bonds. The third kappa shape index (κ3) is 2.76. The Labute approximate surface area is 110 Å². The Morgan fingerprint density at radius 3 is 3.17 bits per heavy atom. The van der Waals surface area contributed by atoms with Crippen LogP contribution in [-0.4, -0.2) is 27.7 Å². The van der Waals surface area contributed by atoms with E-state index in [9.17, 15) is 0 Å². The van der Waals surface area contributed by atoms with Crippen molar-refractivity contribution in [3.63, 3.8) is 0 Å². The Morgan fingerprint density at radius 2 is 2.44 bits per heavy atom. The van der Waals surface area contributed by atoms with Crippen LogP contribution in [0.3, 0.4) is 0 Å². The van der Waals surface area contributed by atoms with E-state index in [0.717, 1.165) is 35.4 Å². The maximum absolute atomic E-state index is 5.28. The molecular formula is C12H16N4OS. The number of thiazole rings is 1. The summed E-state index contributed by atoms with van der Waals surface area (Å²) in [5.41, 5.74) is 1.05. The van der Waals surface area contributed by atoms with Crippen LogP contribution in [0, 0.1) is 6.92 Å². The van der Waals surface area contributed by atoms with E-state index in [1.54, 1.807) is 11.3 Å². The second kappa shape index (κ2) is 5.16. The fraction of sp³-hybridized carbons (Fsp3) is 0.583. The Bertz CT molecular complexity index is 516. The number of rotatable bonds is 4. The monoisotopic (exact) mass is 264 g/mol. The van der Waals surface area contributed by atoms with Crippen LogP contribution in [0.5, 0.6) is 0 Å². The summed E-state index contributed by atoms with van der Waals surface area (Å²) < 4.78 is 5.28. The molecule has 2 aromatic heterocycles. The quantitative estimate of drug-likeness (QED) is 0.911. The molecule has 1 N–H and O–H groups in total. The summed E-state index contributed by atoms with van der Waals surface area (Å²) in [6, 6.07) is 0.500. The summed E-state index contributed by atoms with van der Waals surface area (Å²) in [7, 11) is 0. The molecule has 1 fully saturated rings. The van der Waals surface area contributed by atoms with Gasteiger partial charge in [-0.3, -0.25) is 0 Å². The first-order valence-electron chi connectivity index (χ1n) is 6.25. The third-order valence-electron chi connectivity index (χ3n) is 3.07. The van der Waals surface area contributed by atoms with E-state index in [1.807, 2.05) is 12.3 Å². The normalized spacial score (nSPS) is 19.5. The molecule has 0 spiro atoms. The first-order chi connectivity index (χ1) is 8.79. The van der Waals surface area contributed by atoms with Gasteiger partial charge < -0.3 is 9.84 Å². The lowest BCUT2D eigenvalue weighted by atomic mass is 10.1. The van der Waals surface area contributed by atoms with Crippen LogP contribution >= 0.6 is 11.3 Å². The minimum absolute atomic E-state index is 0.500. The molecule has 0 radical (unpaired) electrons. The number of hydrogen-bond donors (Lipinski definition) is 1. The molecular weight excluding hydrogens is 248 g/mol. The zero-order valence-corrected chi connectivity index (χ0v) is 11.2. The fourth-order valence-corrected chi connectivity index (χ4v) is 2.97. The fourth-order valence-electron chi connectivity index (χ4n) is 2.21. The number of nitrogens with zero attached hydrogens (tertiary/aromatic N) is 3. The van der Waals surface area contributed by atoms with Gasteiger partial charge in [-0.2, -0.15) is 4.98 Å². The average Bonchev–Trinajstić information content (AvgIpc) is 3.04. The Morgan fingerprint density at radius 1 is 1.50 bits per heavy atom. The van der Waals surface area contributed by atoms with Crippen molar-refractivity contribution < 1.29 is 4.52 Å². The van der Waals surface area contributed by atoms with Gasteiger partial charge in [0.25, 0.3) is 0 Å². The first-order valence-corrected chi connectivity index (χ1v) is 7.13. The molecule has 1 aliphatic rings. The van der Waals surface area contributed by atoms with Gasteiger partial charge in [0.15, 0.2) is 5.82 Å². The number of aromatic nitrogens is 3. The molecule has 1 atom stereocenters. The maximum atomic E-state index is 5.28. The van der Waals surface area contributed by atoms with Crippen LogP contribution in [-0.2, 0) is 12.8 Å². The second-order valence-electron chi connectivity index (χ2n) is 4.66. The van der Waals surface area contributed by atoms with Crippen molar-refractivity contribution in [1.82, 2.24) is 20.4 Å². The summed E-state index contributed by atoms with van der Waals surface area (Å²) in [5.74, 6) is 1.47. The van der Waals surface area contributed by atoms with E-state index in [1.165, 1.54) is 12.8 Å². The highest BCUT2D eigenvalue weighted by atomic mass is 32.1. The Balaban J connectivity index is 1.62. The van der Waals surface area contributed by atoms with Crippen molar-refractivity contribution in [2.45, 2.75) is 38.6 Å². The summed E-state index contributed by atoms with van der Waals surface area (Å²) in [5, 5.41) is 10.5. The van der Waals surface area contributed by atoms with Crippen molar-refractivity contribution in [3.8, 4) is 0 Å². The topological polar surface area (TPSA) is 63.8 Å².